The number of furan rings is 1. The average Bonchev–Trinajstić information content (AvgIpc) is 2.74. The quantitative estimate of drug-likeness (QED) is 0.770. The minimum Gasteiger partial charge on any atom is -0.469 e. The first kappa shape index (κ1) is 12.8. The molecule has 0 fully saturated rings. The molecule has 1 aromatic rings. The highest BCUT2D eigenvalue weighted by Gasteiger charge is 2.13. The second kappa shape index (κ2) is 6.33. The lowest BCUT2D eigenvalue weighted by Gasteiger charge is -2.11. The van der Waals surface area contributed by atoms with E-state index >= 15 is 0 Å². The van der Waals surface area contributed by atoms with Crippen LogP contribution in [0.2, 0.25) is 0 Å². The summed E-state index contributed by atoms with van der Waals surface area (Å²) in [5.74, 6) is 1.09. The number of carbonyl (C=O) groups excluding carboxylic acids is 1. The van der Waals surface area contributed by atoms with Gasteiger partial charge in [-0.3, -0.25) is 4.79 Å². The van der Waals surface area contributed by atoms with Gasteiger partial charge in [0.2, 0.25) is 0 Å². The van der Waals surface area contributed by atoms with Crippen LogP contribution < -0.4 is 11.1 Å². The Hall–Kier alpha value is -1.29. The van der Waals surface area contributed by atoms with Crippen molar-refractivity contribution in [3.8, 4) is 0 Å². The first-order chi connectivity index (χ1) is 7.69. The minimum absolute atomic E-state index is 0.0607. The number of hydrogen-bond donors (Lipinski definition) is 2. The molecule has 4 heteroatoms. The Morgan fingerprint density at radius 2 is 2.38 bits per heavy atom. The minimum atomic E-state index is -0.0607. The number of nitrogens with one attached hydrogen (secondary N) is 1. The predicted octanol–water partition coefficient (Wildman–Crippen LogP) is 1.56. The molecule has 0 aliphatic heterocycles. The molecule has 0 spiro atoms. The second-order valence-corrected chi connectivity index (χ2v) is 4.00. The Bertz CT molecular complexity index is 334. The van der Waals surface area contributed by atoms with Crippen LogP contribution in [0.3, 0.4) is 0 Å². The summed E-state index contributed by atoms with van der Waals surface area (Å²) in [6, 6.07) is 1.71. The third-order valence-electron chi connectivity index (χ3n) is 2.58. The van der Waals surface area contributed by atoms with Crippen molar-refractivity contribution >= 4 is 5.91 Å². The molecule has 4 nitrogen and oxygen atoms in total. The summed E-state index contributed by atoms with van der Waals surface area (Å²) in [4.78, 5) is 11.8. The fourth-order valence-electron chi connectivity index (χ4n) is 1.57. The zero-order chi connectivity index (χ0) is 12.0. The largest absolute Gasteiger partial charge is 0.469 e. The van der Waals surface area contributed by atoms with Gasteiger partial charge in [0.15, 0.2) is 0 Å². The molecule has 1 atom stereocenters. The lowest BCUT2D eigenvalue weighted by atomic mass is 10.1. The van der Waals surface area contributed by atoms with Gasteiger partial charge in [-0.2, -0.15) is 0 Å². The normalized spacial score (nSPS) is 12.4. The molecule has 0 radical (unpaired) electrons. The van der Waals surface area contributed by atoms with Gasteiger partial charge in [0.1, 0.15) is 5.76 Å². The van der Waals surface area contributed by atoms with E-state index < -0.39 is 0 Å². The van der Waals surface area contributed by atoms with Crippen molar-refractivity contribution in [2.45, 2.75) is 26.7 Å². The fraction of sp³-hybridized carbons (Fsp3) is 0.583. The van der Waals surface area contributed by atoms with Gasteiger partial charge in [-0.25, -0.2) is 0 Å². The number of hydrogen-bond acceptors (Lipinski definition) is 3. The molecule has 1 unspecified atom stereocenters. The smallest absolute Gasteiger partial charge is 0.254 e. The van der Waals surface area contributed by atoms with E-state index in [9.17, 15) is 4.79 Å². The molecule has 0 aromatic carbocycles. The standard InChI is InChI=1S/C12H20N2O2/c1-3-11-10(5-7-16-11)12(15)14-8-9(2)4-6-13/h5,7,9H,3-4,6,8,13H2,1-2H3,(H,14,15). The van der Waals surface area contributed by atoms with E-state index in [-0.39, 0.29) is 5.91 Å². The molecule has 0 saturated carbocycles. The predicted molar refractivity (Wildman–Crippen MR) is 63.3 cm³/mol. The highest BCUT2D eigenvalue weighted by Crippen LogP contribution is 2.11. The van der Waals surface area contributed by atoms with Crippen LogP contribution in [0.15, 0.2) is 16.7 Å². The number of nitrogens with two attached hydrogens (primary N) is 1. The Kier molecular flexibility index (Phi) is 5.05. The van der Waals surface area contributed by atoms with Crippen molar-refractivity contribution in [2.75, 3.05) is 13.1 Å². The summed E-state index contributed by atoms with van der Waals surface area (Å²) >= 11 is 0. The zero-order valence-electron chi connectivity index (χ0n) is 9.95. The number of carbonyl (C=O) groups is 1. The molecular weight excluding hydrogens is 204 g/mol. The average molecular weight is 224 g/mol. The molecule has 3 N–H and O–H groups in total. The molecule has 0 bridgehead atoms. The van der Waals surface area contributed by atoms with E-state index in [1.807, 2.05) is 6.92 Å². The number of aryl methyl sites for hydroxylation is 1. The van der Waals surface area contributed by atoms with E-state index in [0.29, 0.717) is 24.6 Å². The topological polar surface area (TPSA) is 68.3 Å². The highest BCUT2D eigenvalue weighted by atomic mass is 16.3. The van der Waals surface area contributed by atoms with Gasteiger partial charge in [0.25, 0.3) is 5.91 Å². The van der Waals surface area contributed by atoms with Crippen molar-refractivity contribution in [3.05, 3.63) is 23.7 Å². The van der Waals surface area contributed by atoms with E-state index in [0.717, 1.165) is 18.6 Å². The van der Waals surface area contributed by atoms with Crippen LogP contribution in [0, 0.1) is 5.92 Å². The van der Waals surface area contributed by atoms with Gasteiger partial charge in [0.05, 0.1) is 11.8 Å². The first-order valence-corrected chi connectivity index (χ1v) is 5.73. The highest BCUT2D eigenvalue weighted by molar-refractivity contribution is 5.95. The van der Waals surface area contributed by atoms with Gasteiger partial charge in [0, 0.05) is 13.0 Å². The maximum absolute atomic E-state index is 11.8. The summed E-state index contributed by atoms with van der Waals surface area (Å²) < 4.78 is 5.21. The Morgan fingerprint density at radius 3 is 3.00 bits per heavy atom. The van der Waals surface area contributed by atoms with Crippen LogP contribution in [-0.2, 0) is 6.42 Å². The summed E-state index contributed by atoms with van der Waals surface area (Å²) in [7, 11) is 0. The second-order valence-electron chi connectivity index (χ2n) is 4.00. The molecular formula is C12H20N2O2. The summed E-state index contributed by atoms with van der Waals surface area (Å²) in [6.45, 7) is 5.35. The fourth-order valence-corrected chi connectivity index (χ4v) is 1.57. The molecule has 1 heterocycles. The van der Waals surface area contributed by atoms with Gasteiger partial charge in [-0.15, -0.1) is 0 Å². The van der Waals surface area contributed by atoms with Gasteiger partial charge in [-0.1, -0.05) is 13.8 Å². The molecule has 0 saturated heterocycles. The monoisotopic (exact) mass is 224 g/mol. The first-order valence-electron chi connectivity index (χ1n) is 5.73. The molecule has 1 amide bonds. The van der Waals surface area contributed by atoms with Crippen molar-refractivity contribution < 1.29 is 9.21 Å². The maximum atomic E-state index is 11.8. The van der Waals surface area contributed by atoms with E-state index in [2.05, 4.69) is 12.2 Å². The number of amides is 1. The molecule has 1 rings (SSSR count). The van der Waals surface area contributed by atoms with E-state index in [4.69, 9.17) is 10.2 Å². The van der Waals surface area contributed by atoms with Crippen molar-refractivity contribution in [3.63, 3.8) is 0 Å². The SMILES string of the molecule is CCc1occc1C(=O)NCC(C)CCN. The van der Waals surface area contributed by atoms with Crippen LogP contribution in [0.1, 0.15) is 36.4 Å². The molecule has 16 heavy (non-hydrogen) atoms. The lowest BCUT2D eigenvalue weighted by Crippen LogP contribution is -2.29. The summed E-state index contributed by atoms with van der Waals surface area (Å²) in [6.07, 6.45) is 3.21. The lowest BCUT2D eigenvalue weighted by molar-refractivity contribution is 0.0945. The van der Waals surface area contributed by atoms with E-state index in [1.54, 1.807) is 12.3 Å². The Morgan fingerprint density at radius 1 is 1.62 bits per heavy atom. The van der Waals surface area contributed by atoms with Crippen molar-refractivity contribution in [2.24, 2.45) is 11.7 Å². The van der Waals surface area contributed by atoms with Gasteiger partial charge >= 0.3 is 0 Å². The summed E-state index contributed by atoms with van der Waals surface area (Å²) in [5, 5.41) is 2.89. The van der Waals surface area contributed by atoms with Crippen LogP contribution in [0.5, 0.6) is 0 Å². The third kappa shape index (κ3) is 3.38. The number of rotatable bonds is 6. The molecule has 90 valence electrons. The molecule has 0 aliphatic carbocycles. The van der Waals surface area contributed by atoms with Crippen LogP contribution >= 0.6 is 0 Å². The molecule has 1 aromatic heterocycles. The Labute approximate surface area is 96.2 Å². The summed E-state index contributed by atoms with van der Waals surface area (Å²) in [5.41, 5.74) is 6.09. The third-order valence-corrected chi connectivity index (χ3v) is 2.58. The Balaban J connectivity index is 2.46. The van der Waals surface area contributed by atoms with Crippen LogP contribution in [0.4, 0.5) is 0 Å². The van der Waals surface area contributed by atoms with Gasteiger partial charge < -0.3 is 15.5 Å². The maximum Gasteiger partial charge on any atom is 0.254 e. The van der Waals surface area contributed by atoms with E-state index in [1.165, 1.54) is 0 Å². The van der Waals surface area contributed by atoms with Crippen molar-refractivity contribution in [1.29, 1.82) is 0 Å². The van der Waals surface area contributed by atoms with Crippen molar-refractivity contribution in [1.82, 2.24) is 5.32 Å². The van der Waals surface area contributed by atoms with Crippen LogP contribution in [0.25, 0.3) is 0 Å². The van der Waals surface area contributed by atoms with Gasteiger partial charge in [-0.05, 0) is 24.9 Å². The van der Waals surface area contributed by atoms with Crippen LogP contribution in [-0.4, -0.2) is 19.0 Å². The zero-order valence-corrected chi connectivity index (χ0v) is 9.95. The molecule has 0 aliphatic rings.